The van der Waals surface area contributed by atoms with E-state index in [1.54, 1.807) is 23.9 Å². The number of carbonyl (C=O) groups is 1. The van der Waals surface area contributed by atoms with E-state index >= 15 is 0 Å². The first-order valence-corrected chi connectivity index (χ1v) is 6.82. The van der Waals surface area contributed by atoms with Gasteiger partial charge in [-0.05, 0) is 23.6 Å². The molecule has 0 saturated carbocycles. The zero-order valence-electron chi connectivity index (χ0n) is 10.2. The Kier molecular flexibility index (Phi) is 5.65. The average Bonchev–Trinajstić information content (AvgIpc) is 2.26. The van der Waals surface area contributed by atoms with Crippen LogP contribution in [0, 0.1) is 5.92 Å². The number of rotatable bonds is 4. The number of carbonyl (C=O) groups excluding carboxylic acids is 1. The monoisotopic (exact) mass is 268 g/mol. The van der Waals surface area contributed by atoms with Gasteiger partial charge < -0.3 is 4.74 Å². The quantitative estimate of drug-likeness (QED) is 0.471. The fraction of sp³-hybridized carbons (Fsp3) is 0.385. The molecule has 0 aliphatic carbocycles. The number of esters is 1. The van der Waals surface area contributed by atoms with Crippen molar-refractivity contribution in [3.8, 4) is 5.75 Å². The van der Waals surface area contributed by atoms with Gasteiger partial charge in [0.05, 0.1) is 4.20 Å². The summed E-state index contributed by atoms with van der Waals surface area (Å²) in [5.41, 5.74) is 1.17. The first kappa shape index (κ1) is 14.2. The Hall–Kier alpha value is -0.870. The summed E-state index contributed by atoms with van der Waals surface area (Å²) >= 11 is 6.93. The highest BCUT2D eigenvalue weighted by molar-refractivity contribution is 8.22. The Labute approximate surface area is 112 Å². The van der Waals surface area contributed by atoms with E-state index in [1.165, 1.54) is 12.5 Å². The molecule has 1 rings (SSSR count). The van der Waals surface area contributed by atoms with Crippen LogP contribution in [0.5, 0.6) is 5.75 Å². The molecule has 0 radical (unpaired) electrons. The van der Waals surface area contributed by atoms with E-state index in [0.29, 0.717) is 11.7 Å². The Morgan fingerprint density at radius 3 is 2.41 bits per heavy atom. The lowest BCUT2D eigenvalue weighted by molar-refractivity contribution is -0.131. The van der Waals surface area contributed by atoms with E-state index in [1.807, 2.05) is 12.1 Å². The summed E-state index contributed by atoms with van der Waals surface area (Å²) < 4.78 is 5.98. The molecule has 1 aromatic carbocycles. The number of ether oxygens (including phenoxy) is 1. The Bertz CT molecular complexity index is 396. The molecule has 2 nitrogen and oxygen atoms in total. The van der Waals surface area contributed by atoms with Crippen molar-refractivity contribution < 1.29 is 9.53 Å². The fourth-order valence-electron chi connectivity index (χ4n) is 1.14. The molecule has 0 N–H and O–H groups in total. The van der Waals surface area contributed by atoms with Gasteiger partial charge in [-0.15, -0.1) is 11.8 Å². The lowest BCUT2D eigenvalue weighted by atomic mass is 10.2. The van der Waals surface area contributed by atoms with Crippen LogP contribution >= 0.6 is 24.0 Å². The lowest BCUT2D eigenvalue weighted by Gasteiger charge is -2.07. The van der Waals surface area contributed by atoms with Crippen LogP contribution < -0.4 is 4.74 Å². The van der Waals surface area contributed by atoms with Gasteiger partial charge in [-0.25, -0.2) is 0 Å². The number of thiocarbonyl (C=S) groups is 1. The lowest BCUT2D eigenvalue weighted by Crippen LogP contribution is -2.01. The van der Waals surface area contributed by atoms with E-state index in [9.17, 15) is 4.79 Å². The molecule has 92 valence electrons. The Balaban J connectivity index is 2.51. The van der Waals surface area contributed by atoms with Crippen molar-refractivity contribution in [2.75, 3.05) is 0 Å². The maximum absolute atomic E-state index is 10.7. The van der Waals surface area contributed by atoms with Crippen LogP contribution in [0.2, 0.25) is 0 Å². The topological polar surface area (TPSA) is 26.3 Å². The third-order valence-corrected chi connectivity index (χ3v) is 4.10. The van der Waals surface area contributed by atoms with Gasteiger partial charge in [-0.2, -0.15) is 0 Å². The molecule has 0 aliphatic heterocycles. The summed E-state index contributed by atoms with van der Waals surface area (Å²) in [4.78, 5) is 10.7. The van der Waals surface area contributed by atoms with Crippen molar-refractivity contribution >= 4 is 34.1 Å². The van der Waals surface area contributed by atoms with E-state index < -0.39 is 0 Å². The van der Waals surface area contributed by atoms with Crippen LogP contribution in [-0.4, -0.2) is 10.2 Å². The zero-order chi connectivity index (χ0) is 12.8. The summed E-state index contributed by atoms with van der Waals surface area (Å²) in [7, 11) is 0. The molecule has 0 unspecified atom stereocenters. The van der Waals surface area contributed by atoms with E-state index in [4.69, 9.17) is 17.0 Å². The zero-order valence-corrected chi connectivity index (χ0v) is 11.9. The second kappa shape index (κ2) is 6.77. The highest BCUT2D eigenvalue weighted by atomic mass is 32.2. The van der Waals surface area contributed by atoms with Gasteiger partial charge in [-0.3, -0.25) is 4.79 Å². The summed E-state index contributed by atoms with van der Waals surface area (Å²) in [5, 5.41) is 0. The number of hydrogen-bond donors (Lipinski definition) is 0. The van der Waals surface area contributed by atoms with Crippen LogP contribution in [-0.2, 0) is 10.5 Å². The number of thioether (sulfide) groups is 1. The average molecular weight is 268 g/mol. The van der Waals surface area contributed by atoms with E-state index in [-0.39, 0.29) is 5.97 Å². The first-order valence-electron chi connectivity index (χ1n) is 5.43. The largest absolute Gasteiger partial charge is 0.427 e. The van der Waals surface area contributed by atoms with Gasteiger partial charge in [-0.1, -0.05) is 38.2 Å². The van der Waals surface area contributed by atoms with E-state index in [0.717, 1.165) is 9.95 Å². The molecule has 0 heterocycles. The molecule has 0 aromatic heterocycles. The molecule has 0 aliphatic rings. The van der Waals surface area contributed by atoms with Crippen molar-refractivity contribution in [3.63, 3.8) is 0 Å². The Morgan fingerprint density at radius 1 is 1.35 bits per heavy atom. The second-order valence-electron chi connectivity index (χ2n) is 4.00. The number of benzene rings is 1. The van der Waals surface area contributed by atoms with Gasteiger partial charge in [0.1, 0.15) is 5.75 Å². The third-order valence-electron chi connectivity index (χ3n) is 2.04. The highest BCUT2D eigenvalue weighted by Crippen LogP contribution is 2.20. The fourth-order valence-corrected chi connectivity index (χ4v) is 2.15. The standard InChI is InChI=1S/C13H16O2S2/c1-9(2)13(16)17-8-11-4-6-12(7-5-11)15-10(3)14/h4-7,9H,8H2,1-3H3. The van der Waals surface area contributed by atoms with Gasteiger partial charge in [0, 0.05) is 12.7 Å². The van der Waals surface area contributed by atoms with Gasteiger partial charge in [0.2, 0.25) is 0 Å². The molecular weight excluding hydrogens is 252 g/mol. The molecule has 0 spiro atoms. The van der Waals surface area contributed by atoms with E-state index in [2.05, 4.69) is 13.8 Å². The van der Waals surface area contributed by atoms with Crippen LogP contribution in [0.25, 0.3) is 0 Å². The maximum Gasteiger partial charge on any atom is 0.308 e. The minimum absolute atomic E-state index is 0.298. The normalized spacial score (nSPS) is 10.4. The van der Waals surface area contributed by atoms with Gasteiger partial charge in [0.15, 0.2) is 0 Å². The van der Waals surface area contributed by atoms with Gasteiger partial charge >= 0.3 is 5.97 Å². The first-order chi connectivity index (χ1) is 7.99. The van der Waals surface area contributed by atoms with Crippen LogP contribution in [0.4, 0.5) is 0 Å². The molecule has 0 amide bonds. The van der Waals surface area contributed by atoms with Crippen LogP contribution in [0.15, 0.2) is 24.3 Å². The maximum atomic E-state index is 10.7. The molecule has 4 heteroatoms. The van der Waals surface area contributed by atoms with Crippen molar-refractivity contribution in [2.24, 2.45) is 5.92 Å². The van der Waals surface area contributed by atoms with Crippen molar-refractivity contribution in [1.29, 1.82) is 0 Å². The van der Waals surface area contributed by atoms with Crippen LogP contribution in [0.1, 0.15) is 26.3 Å². The SMILES string of the molecule is CC(=O)Oc1ccc(CSC(=S)C(C)C)cc1. The molecular formula is C13H16O2S2. The minimum atomic E-state index is -0.298. The summed E-state index contributed by atoms with van der Waals surface area (Å²) in [5.74, 6) is 1.57. The molecule has 17 heavy (non-hydrogen) atoms. The summed E-state index contributed by atoms with van der Waals surface area (Å²) in [6.07, 6.45) is 0. The molecule has 0 bridgehead atoms. The van der Waals surface area contributed by atoms with Crippen LogP contribution in [0.3, 0.4) is 0 Å². The van der Waals surface area contributed by atoms with Gasteiger partial charge in [0.25, 0.3) is 0 Å². The highest BCUT2D eigenvalue weighted by Gasteiger charge is 2.04. The predicted molar refractivity (Wildman–Crippen MR) is 76.5 cm³/mol. The second-order valence-corrected chi connectivity index (χ2v) is 5.72. The Morgan fingerprint density at radius 2 is 1.94 bits per heavy atom. The molecule has 0 fully saturated rings. The predicted octanol–water partition coefficient (Wildman–Crippen LogP) is 3.83. The molecule has 0 atom stereocenters. The third kappa shape index (κ3) is 5.33. The molecule has 1 aromatic rings. The summed E-state index contributed by atoms with van der Waals surface area (Å²) in [6, 6.07) is 7.51. The molecule has 0 saturated heterocycles. The van der Waals surface area contributed by atoms with Crippen molar-refractivity contribution in [3.05, 3.63) is 29.8 Å². The summed E-state index contributed by atoms with van der Waals surface area (Å²) in [6.45, 7) is 5.59. The van der Waals surface area contributed by atoms with Crippen molar-refractivity contribution in [1.82, 2.24) is 0 Å². The smallest absolute Gasteiger partial charge is 0.308 e. The minimum Gasteiger partial charge on any atom is -0.427 e. The van der Waals surface area contributed by atoms with Crippen molar-refractivity contribution in [2.45, 2.75) is 26.5 Å². The number of hydrogen-bond acceptors (Lipinski definition) is 4.